The van der Waals surface area contributed by atoms with E-state index in [4.69, 9.17) is 4.98 Å². The molecule has 2 N–H and O–H groups in total. The molecule has 45 heavy (non-hydrogen) atoms. The van der Waals surface area contributed by atoms with Crippen molar-refractivity contribution in [1.29, 1.82) is 0 Å². The minimum absolute atomic E-state index is 0.0645. The summed E-state index contributed by atoms with van der Waals surface area (Å²) in [6, 6.07) is 31.1. The number of benzene rings is 4. The minimum Gasteiger partial charge on any atom is -0.339 e. The number of pyridine rings is 1. The van der Waals surface area contributed by atoms with Crippen molar-refractivity contribution >= 4 is 47.5 Å². The van der Waals surface area contributed by atoms with E-state index in [1.807, 2.05) is 60.7 Å². The molecule has 7 rings (SSSR count). The van der Waals surface area contributed by atoms with Crippen molar-refractivity contribution in [3.05, 3.63) is 127 Å². The van der Waals surface area contributed by atoms with Crippen LogP contribution in [0.3, 0.4) is 0 Å². The van der Waals surface area contributed by atoms with Gasteiger partial charge >= 0.3 is 0 Å². The zero-order valence-corrected chi connectivity index (χ0v) is 25.7. The molecule has 7 aromatic rings. The minimum atomic E-state index is -3.84. The highest BCUT2D eigenvalue weighted by atomic mass is 32.2. The molecule has 11 heteroatoms. The molecule has 0 aliphatic heterocycles. The molecule has 0 spiro atoms. The number of sulfone groups is 1. The molecule has 0 radical (unpaired) electrons. The van der Waals surface area contributed by atoms with E-state index in [9.17, 15) is 16.8 Å². The molecule has 0 aliphatic carbocycles. The average Bonchev–Trinajstić information content (AvgIpc) is 3.65. The first-order valence-electron chi connectivity index (χ1n) is 14.1. The Morgan fingerprint density at radius 1 is 0.800 bits per heavy atom. The highest BCUT2D eigenvalue weighted by Crippen LogP contribution is 2.41. The Morgan fingerprint density at radius 3 is 2.20 bits per heavy atom. The second-order valence-electron chi connectivity index (χ2n) is 10.8. The van der Waals surface area contributed by atoms with Gasteiger partial charge in [-0.3, -0.25) is 4.72 Å². The second kappa shape index (κ2) is 11.0. The number of hydrogen-bond acceptors (Lipinski definition) is 6. The Bertz CT molecular complexity index is 2400. The Labute approximate surface area is 260 Å². The third kappa shape index (κ3) is 5.47. The fourth-order valence-electron chi connectivity index (χ4n) is 5.50. The van der Waals surface area contributed by atoms with E-state index < -0.39 is 19.9 Å². The molecule has 0 bridgehead atoms. The van der Waals surface area contributed by atoms with Crippen LogP contribution in [0, 0.1) is 0 Å². The van der Waals surface area contributed by atoms with Gasteiger partial charge < -0.3 is 9.55 Å². The predicted octanol–water partition coefficient (Wildman–Crippen LogP) is 6.56. The van der Waals surface area contributed by atoms with Gasteiger partial charge in [0.15, 0.2) is 14.9 Å². The van der Waals surface area contributed by atoms with Crippen LogP contribution < -0.4 is 4.72 Å². The number of nitrogens with one attached hydrogen (secondary N) is 2. The maximum Gasteiger partial charge on any atom is 0.280 e. The zero-order chi connectivity index (χ0) is 31.2. The highest BCUT2D eigenvalue weighted by molar-refractivity contribution is 7.92. The van der Waals surface area contributed by atoms with Crippen molar-refractivity contribution in [2.75, 3.05) is 4.72 Å². The number of hydrogen-bond donors (Lipinski definition) is 2. The molecule has 3 aromatic heterocycles. The van der Waals surface area contributed by atoms with Crippen LogP contribution in [0.2, 0.25) is 0 Å². The third-order valence-corrected chi connectivity index (χ3v) is 10.6. The number of H-pyrrole nitrogens is 1. The molecule has 0 fully saturated rings. The summed E-state index contributed by atoms with van der Waals surface area (Å²) in [7, 11) is -5.68. The number of imidazole rings is 1. The number of aromatic amines is 1. The first-order chi connectivity index (χ1) is 21.7. The van der Waals surface area contributed by atoms with Gasteiger partial charge in [0, 0.05) is 52.5 Å². The standard InChI is InChI=1S/C34H27N5O4S2/c1-39-20-31(36-22-39)45(42,43)38-26-15-13-24(14-16-26)29-19-35-34-33(32(29)25-8-4-2-5-9-25)28-18-23(12-17-30(28)37-34)21-44(40,41)27-10-6-3-7-11-27/h2-20,22,38H,21H2,1H3,(H,35,37). The molecule has 224 valence electrons. The summed E-state index contributed by atoms with van der Waals surface area (Å²) in [6.07, 6.45) is 4.67. The first kappa shape index (κ1) is 28.5. The zero-order valence-electron chi connectivity index (χ0n) is 24.0. The summed E-state index contributed by atoms with van der Waals surface area (Å²) in [4.78, 5) is 12.4. The number of fused-ring (bicyclic) bond motifs is 3. The highest BCUT2D eigenvalue weighted by Gasteiger charge is 2.21. The number of rotatable bonds is 8. The van der Waals surface area contributed by atoms with Crippen molar-refractivity contribution in [3.63, 3.8) is 0 Å². The summed E-state index contributed by atoms with van der Waals surface area (Å²) in [5, 5.41) is 1.66. The summed E-state index contributed by atoms with van der Waals surface area (Å²) in [5.74, 6) is -0.136. The Kier molecular flexibility index (Phi) is 6.99. The van der Waals surface area contributed by atoms with Crippen LogP contribution in [0.15, 0.2) is 132 Å². The van der Waals surface area contributed by atoms with Gasteiger partial charge in [-0.2, -0.15) is 8.42 Å². The van der Waals surface area contributed by atoms with E-state index >= 15 is 0 Å². The number of anilines is 1. The molecular weight excluding hydrogens is 607 g/mol. The number of aromatic nitrogens is 4. The molecule has 0 amide bonds. The van der Waals surface area contributed by atoms with Crippen LogP contribution >= 0.6 is 0 Å². The summed E-state index contributed by atoms with van der Waals surface area (Å²) >= 11 is 0. The van der Waals surface area contributed by atoms with Crippen molar-refractivity contribution < 1.29 is 16.8 Å². The lowest BCUT2D eigenvalue weighted by Gasteiger charge is -2.13. The molecule has 0 atom stereocenters. The largest absolute Gasteiger partial charge is 0.339 e. The van der Waals surface area contributed by atoms with Crippen molar-refractivity contribution in [1.82, 2.24) is 19.5 Å². The lowest BCUT2D eigenvalue weighted by molar-refractivity contribution is 0.594. The normalized spacial score (nSPS) is 12.1. The molecule has 9 nitrogen and oxygen atoms in total. The Morgan fingerprint density at radius 2 is 1.51 bits per heavy atom. The molecule has 0 aliphatic rings. The smallest absolute Gasteiger partial charge is 0.280 e. The summed E-state index contributed by atoms with van der Waals surface area (Å²) in [6.45, 7) is 0. The van der Waals surface area contributed by atoms with E-state index in [-0.39, 0.29) is 15.7 Å². The Balaban J connectivity index is 1.33. The topological polar surface area (TPSA) is 127 Å². The lowest BCUT2D eigenvalue weighted by atomic mass is 9.92. The molecule has 0 saturated heterocycles. The number of sulfonamides is 1. The van der Waals surface area contributed by atoms with Crippen LogP contribution in [0.1, 0.15) is 5.56 Å². The maximum absolute atomic E-state index is 13.2. The molecule has 3 heterocycles. The van der Waals surface area contributed by atoms with Gasteiger partial charge in [0.2, 0.25) is 0 Å². The average molecular weight is 634 g/mol. The van der Waals surface area contributed by atoms with Crippen molar-refractivity contribution in [2.45, 2.75) is 15.7 Å². The van der Waals surface area contributed by atoms with Gasteiger partial charge in [0.1, 0.15) is 5.65 Å². The van der Waals surface area contributed by atoms with Crippen molar-refractivity contribution in [3.8, 4) is 22.3 Å². The number of nitrogens with zero attached hydrogens (tertiary/aromatic N) is 3. The quantitative estimate of drug-likeness (QED) is 0.195. The van der Waals surface area contributed by atoms with Gasteiger partial charge in [-0.25, -0.2) is 18.4 Å². The van der Waals surface area contributed by atoms with Gasteiger partial charge in [-0.05, 0) is 53.1 Å². The first-order valence-corrected chi connectivity index (χ1v) is 17.2. The monoisotopic (exact) mass is 633 g/mol. The molecular formula is C34H27N5O4S2. The molecule has 0 unspecified atom stereocenters. The van der Waals surface area contributed by atoms with E-state index in [1.54, 1.807) is 60.3 Å². The van der Waals surface area contributed by atoms with E-state index in [2.05, 4.69) is 14.7 Å². The predicted molar refractivity (Wildman–Crippen MR) is 176 cm³/mol. The van der Waals surface area contributed by atoms with Crippen molar-refractivity contribution in [2.24, 2.45) is 7.05 Å². The fourth-order valence-corrected chi connectivity index (χ4v) is 7.90. The van der Waals surface area contributed by atoms with Crippen LogP contribution in [-0.4, -0.2) is 36.4 Å². The molecule has 0 saturated carbocycles. The third-order valence-electron chi connectivity index (χ3n) is 7.61. The molecule has 4 aromatic carbocycles. The van der Waals surface area contributed by atoms with Gasteiger partial charge in [-0.1, -0.05) is 66.7 Å². The summed E-state index contributed by atoms with van der Waals surface area (Å²) < 4.78 is 56.2. The lowest BCUT2D eigenvalue weighted by Crippen LogP contribution is -2.13. The van der Waals surface area contributed by atoms with E-state index in [0.717, 1.165) is 38.5 Å². The van der Waals surface area contributed by atoms with Gasteiger partial charge in [0.05, 0.1) is 17.0 Å². The Hall–Kier alpha value is -5.26. The van der Waals surface area contributed by atoms with E-state index in [0.29, 0.717) is 16.9 Å². The van der Waals surface area contributed by atoms with Crippen LogP contribution in [-0.2, 0) is 32.7 Å². The SMILES string of the molecule is Cn1cnc(S(=O)(=O)Nc2ccc(-c3cnc4[nH]c5ccc(CS(=O)(=O)c6ccccc6)cc5c4c3-c3ccccc3)cc2)c1. The van der Waals surface area contributed by atoms with Crippen LogP contribution in [0.4, 0.5) is 5.69 Å². The van der Waals surface area contributed by atoms with Crippen LogP contribution in [0.5, 0.6) is 0 Å². The van der Waals surface area contributed by atoms with Gasteiger partial charge in [0.25, 0.3) is 10.0 Å². The summed E-state index contributed by atoms with van der Waals surface area (Å²) in [5.41, 5.74) is 6.15. The van der Waals surface area contributed by atoms with Gasteiger partial charge in [-0.15, -0.1) is 0 Å². The number of aryl methyl sites for hydroxylation is 1. The van der Waals surface area contributed by atoms with E-state index in [1.165, 1.54) is 12.5 Å². The van der Waals surface area contributed by atoms with Crippen LogP contribution in [0.25, 0.3) is 44.2 Å². The fraction of sp³-hybridized carbons (Fsp3) is 0.0588. The maximum atomic E-state index is 13.2. The second-order valence-corrected chi connectivity index (χ2v) is 14.4.